The van der Waals surface area contributed by atoms with Crippen molar-refractivity contribution in [1.82, 2.24) is 5.32 Å². The molecule has 0 radical (unpaired) electrons. The molecule has 7 heteroatoms. The molecule has 1 unspecified atom stereocenters. The molecule has 0 saturated carbocycles. The Hall–Kier alpha value is -2.41. The summed E-state index contributed by atoms with van der Waals surface area (Å²) in [5, 5.41) is 8.24. The SMILES string of the molecule is NCCCCCC(=O)Nc1ccc(NC2CCC(=O)NC2=O)cc1. The molecule has 24 heavy (non-hydrogen) atoms. The van der Waals surface area contributed by atoms with Crippen LogP contribution in [0.2, 0.25) is 0 Å². The zero-order chi connectivity index (χ0) is 17.4. The van der Waals surface area contributed by atoms with Crippen molar-refractivity contribution in [3.63, 3.8) is 0 Å². The van der Waals surface area contributed by atoms with Crippen LogP contribution in [0.5, 0.6) is 0 Å². The highest BCUT2D eigenvalue weighted by Gasteiger charge is 2.26. The summed E-state index contributed by atoms with van der Waals surface area (Å²) in [6.45, 7) is 0.656. The molecule has 1 saturated heterocycles. The fraction of sp³-hybridized carbons (Fsp3) is 0.471. The summed E-state index contributed by atoms with van der Waals surface area (Å²) in [6.07, 6.45) is 4.02. The Balaban J connectivity index is 1.79. The van der Waals surface area contributed by atoms with Gasteiger partial charge in [0.15, 0.2) is 0 Å². The molecule has 1 aliphatic rings. The van der Waals surface area contributed by atoms with Gasteiger partial charge in [-0.25, -0.2) is 0 Å². The van der Waals surface area contributed by atoms with E-state index >= 15 is 0 Å². The number of hydrogen-bond acceptors (Lipinski definition) is 5. The van der Waals surface area contributed by atoms with Crippen LogP contribution in [0, 0.1) is 0 Å². The second-order valence-corrected chi connectivity index (χ2v) is 5.87. The lowest BCUT2D eigenvalue weighted by Gasteiger charge is -2.22. The summed E-state index contributed by atoms with van der Waals surface area (Å²) >= 11 is 0. The molecule has 7 nitrogen and oxygen atoms in total. The van der Waals surface area contributed by atoms with Crippen LogP contribution in [-0.4, -0.2) is 30.3 Å². The predicted octanol–water partition coefficient (Wildman–Crippen LogP) is 1.36. The second kappa shape index (κ2) is 9.02. The number of anilines is 2. The molecule has 130 valence electrons. The molecule has 1 atom stereocenters. The van der Waals surface area contributed by atoms with Crippen molar-refractivity contribution in [2.24, 2.45) is 5.73 Å². The number of rotatable bonds is 8. The minimum atomic E-state index is -0.411. The molecular formula is C17H24N4O3. The number of piperidine rings is 1. The topological polar surface area (TPSA) is 113 Å². The summed E-state index contributed by atoms with van der Waals surface area (Å²) in [7, 11) is 0. The van der Waals surface area contributed by atoms with E-state index < -0.39 is 6.04 Å². The Labute approximate surface area is 141 Å². The minimum Gasteiger partial charge on any atom is -0.374 e. The first-order valence-electron chi connectivity index (χ1n) is 8.28. The van der Waals surface area contributed by atoms with Gasteiger partial charge >= 0.3 is 0 Å². The molecular weight excluding hydrogens is 308 g/mol. The smallest absolute Gasteiger partial charge is 0.249 e. The maximum Gasteiger partial charge on any atom is 0.249 e. The molecule has 2 rings (SSSR count). The first-order valence-corrected chi connectivity index (χ1v) is 8.28. The molecule has 0 aromatic heterocycles. The second-order valence-electron chi connectivity index (χ2n) is 5.87. The minimum absolute atomic E-state index is 0.0158. The van der Waals surface area contributed by atoms with E-state index in [4.69, 9.17) is 5.73 Å². The van der Waals surface area contributed by atoms with E-state index in [-0.39, 0.29) is 17.7 Å². The van der Waals surface area contributed by atoms with Crippen molar-refractivity contribution in [3.05, 3.63) is 24.3 Å². The highest BCUT2D eigenvalue weighted by molar-refractivity contribution is 6.01. The maximum absolute atomic E-state index is 11.8. The van der Waals surface area contributed by atoms with Crippen molar-refractivity contribution >= 4 is 29.1 Å². The summed E-state index contributed by atoms with van der Waals surface area (Å²) in [4.78, 5) is 34.6. The fourth-order valence-corrected chi connectivity index (χ4v) is 2.51. The Bertz CT molecular complexity index is 586. The number of benzene rings is 1. The number of nitrogens with one attached hydrogen (secondary N) is 3. The van der Waals surface area contributed by atoms with E-state index in [9.17, 15) is 14.4 Å². The van der Waals surface area contributed by atoms with Gasteiger partial charge in [0, 0.05) is 24.2 Å². The standard InChI is InChI=1S/C17H24N4O3/c18-11-3-1-2-4-15(22)20-13-7-5-12(6-8-13)19-14-9-10-16(23)21-17(14)24/h5-8,14,19H,1-4,9-11,18H2,(H,20,22)(H,21,23,24). The summed E-state index contributed by atoms with van der Waals surface area (Å²) in [5.74, 6) is -0.554. The molecule has 0 aliphatic carbocycles. The molecule has 1 aromatic rings. The molecule has 5 N–H and O–H groups in total. The molecule has 1 fully saturated rings. The van der Waals surface area contributed by atoms with Crippen LogP contribution in [0.25, 0.3) is 0 Å². The van der Waals surface area contributed by atoms with Gasteiger partial charge in [0.2, 0.25) is 17.7 Å². The average molecular weight is 332 g/mol. The van der Waals surface area contributed by atoms with Crippen LogP contribution in [0.1, 0.15) is 38.5 Å². The van der Waals surface area contributed by atoms with Gasteiger partial charge < -0.3 is 16.4 Å². The molecule has 0 bridgehead atoms. The third kappa shape index (κ3) is 5.66. The Morgan fingerprint density at radius 1 is 1.12 bits per heavy atom. The Morgan fingerprint density at radius 2 is 1.83 bits per heavy atom. The third-order valence-corrected chi connectivity index (χ3v) is 3.86. The number of nitrogens with two attached hydrogens (primary N) is 1. The third-order valence-electron chi connectivity index (χ3n) is 3.86. The predicted molar refractivity (Wildman–Crippen MR) is 92.4 cm³/mol. The van der Waals surface area contributed by atoms with Gasteiger partial charge in [0.25, 0.3) is 0 Å². The molecule has 1 aromatic carbocycles. The van der Waals surface area contributed by atoms with E-state index in [0.717, 1.165) is 24.9 Å². The van der Waals surface area contributed by atoms with Gasteiger partial charge in [-0.3, -0.25) is 19.7 Å². The highest BCUT2D eigenvalue weighted by Crippen LogP contribution is 2.17. The largest absolute Gasteiger partial charge is 0.374 e. The molecule has 1 heterocycles. The van der Waals surface area contributed by atoms with Crippen LogP contribution >= 0.6 is 0 Å². The van der Waals surface area contributed by atoms with Crippen molar-refractivity contribution < 1.29 is 14.4 Å². The first-order chi connectivity index (χ1) is 11.6. The van der Waals surface area contributed by atoms with Crippen LogP contribution in [-0.2, 0) is 14.4 Å². The molecule has 3 amide bonds. The lowest BCUT2D eigenvalue weighted by molar-refractivity contribution is -0.133. The van der Waals surface area contributed by atoms with Crippen molar-refractivity contribution in [2.75, 3.05) is 17.2 Å². The Morgan fingerprint density at radius 3 is 2.50 bits per heavy atom. The van der Waals surface area contributed by atoms with Crippen molar-refractivity contribution in [1.29, 1.82) is 0 Å². The summed E-state index contributed by atoms with van der Waals surface area (Å²) in [6, 6.07) is 6.75. The fourth-order valence-electron chi connectivity index (χ4n) is 2.51. The summed E-state index contributed by atoms with van der Waals surface area (Å²) < 4.78 is 0. The number of carbonyl (C=O) groups is 3. The molecule has 0 spiro atoms. The Kier molecular flexibility index (Phi) is 6.74. The van der Waals surface area contributed by atoms with Gasteiger partial charge in [-0.15, -0.1) is 0 Å². The van der Waals surface area contributed by atoms with E-state index in [0.29, 0.717) is 31.5 Å². The van der Waals surface area contributed by atoms with Crippen LogP contribution < -0.4 is 21.7 Å². The zero-order valence-corrected chi connectivity index (χ0v) is 13.6. The number of unbranched alkanes of at least 4 members (excludes halogenated alkanes) is 2. The monoisotopic (exact) mass is 332 g/mol. The number of imide groups is 1. The lowest BCUT2D eigenvalue weighted by atomic mass is 10.1. The van der Waals surface area contributed by atoms with E-state index in [1.165, 1.54) is 0 Å². The van der Waals surface area contributed by atoms with Crippen molar-refractivity contribution in [3.8, 4) is 0 Å². The maximum atomic E-state index is 11.8. The van der Waals surface area contributed by atoms with E-state index in [1.54, 1.807) is 24.3 Å². The summed E-state index contributed by atoms with van der Waals surface area (Å²) in [5.41, 5.74) is 6.90. The number of carbonyl (C=O) groups excluding carboxylic acids is 3. The molecule has 1 aliphatic heterocycles. The number of hydrogen-bond donors (Lipinski definition) is 4. The van der Waals surface area contributed by atoms with Gasteiger partial charge in [-0.1, -0.05) is 6.42 Å². The lowest BCUT2D eigenvalue weighted by Crippen LogP contribution is -2.47. The van der Waals surface area contributed by atoms with Gasteiger partial charge in [0.05, 0.1) is 0 Å². The van der Waals surface area contributed by atoms with Crippen LogP contribution in [0.3, 0.4) is 0 Å². The normalized spacial score (nSPS) is 17.3. The zero-order valence-electron chi connectivity index (χ0n) is 13.6. The van der Waals surface area contributed by atoms with E-state index in [1.807, 2.05) is 0 Å². The first kappa shape index (κ1) is 17.9. The highest BCUT2D eigenvalue weighted by atomic mass is 16.2. The van der Waals surface area contributed by atoms with E-state index in [2.05, 4.69) is 16.0 Å². The average Bonchev–Trinajstić information content (AvgIpc) is 2.56. The number of amides is 3. The van der Waals surface area contributed by atoms with Crippen LogP contribution in [0.4, 0.5) is 11.4 Å². The van der Waals surface area contributed by atoms with Gasteiger partial charge in [0.1, 0.15) is 6.04 Å². The van der Waals surface area contributed by atoms with Crippen LogP contribution in [0.15, 0.2) is 24.3 Å². The quantitative estimate of drug-likeness (QED) is 0.424. The van der Waals surface area contributed by atoms with Crippen molar-refractivity contribution in [2.45, 2.75) is 44.6 Å². The van der Waals surface area contributed by atoms with Gasteiger partial charge in [-0.2, -0.15) is 0 Å². The van der Waals surface area contributed by atoms with Gasteiger partial charge in [-0.05, 0) is 50.1 Å².